The van der Waals surface area contributed by atoms with Crippen LogP contribution in [0.3, 0.4) is 0 Å². The number of aryl methyl sites for hydroxylation is 2. The number of hydrogen-bond acceptors (Lipinski definition) is 7. The van der Waals surface area contributed by atoms with Crippen molar-refractivity contribution in [2.24, 2.45) is 15.0 Å². The molecule has 0 amide bonds. The third-order valence-corrected chi connectivity index (χ3v) is 5.69. The maximum absolute atomic E-state index is 6.07. The lowest BCUT2D eigenvalue weighted by atomic mass is 10.1. The molecule has 2 N–H and O–H groups in total. The molecule has 1 fully saturated rings. The quantitative estimate of drug-likeness (QED) is 0.220. The van der Waals surface area contributed by atoms with Gasteiger partial charge in [-0.3, -0.25) is 4.99 Å². The van der Waals surface area contributed by atoms with E-state index < -0.39 is 0 Å². The van der Waals surface area contributed by atoms with Gasteiger partial charge in [0.2, 0.25) is 0 Å². The monoisotopic (exact) mass is 495 g/mol. The van der Waals surface area contributed by atoms with Gasteiger partial charge in [0.15, 0.2) is 13.5 Å². The number of aromatic nitrogens is 1. The number of H-pyrrole nitrogens is 1. The third kappa shape index (κ3) is 8.27. The van der Waals surface area contributed by atoms with E-state index in [1.807, 2.05) is 39.0 Å². The zero-order valence-corrected chi connectivity index (χ0v) is 22.6. The average molecular weight is 496 g/mol. The van der Waals surface area contributed by atoms with Gasteiger partial charge in [0.05, 0.1) is 6.20 Å². The summed E-state index contributed by atoms with van der Waals surface area (Å²) in [6.07, 6.45) is 3.43. The molecule has 0 saturated carbocycles. The number of aromatic amines is 1. The van der Waals surface area contributed by atoms with Gasteiger partial charge in [-0.2, -0.15) is 0 Å². The molecule has 3 rings (SSSR count). The standard InChI is InChI=1S/C25H35N7O2.C2H6/c1-18-13-21-20(3)23(8-7-22(21)30-18)34-17-29-25(32-11-9-31(6)10-12-32)14-24(27-5)28-16-33-19(2)15-26-4;1-2/h7-8,13-15,28,30H,4-5,9-12,16-17H2,1-3,6H3;1-2H3/b19-15-,24-14+,29-25+;. The summed E-state index contributed by atoms with van der Waals surface area (Å²) in [4.78, 5) is 20.4. The molecule has 9 nitrogen and oxygen atoms in total. The first-order chi connectivity index (χ1) is 17.4. The van der Waals surface area contributed by atoms with Crippen LogP contribution in [0.25, 0.3) is 10.9 Å². The van der Waals surface area contributed by atoms with Crippen molar-refractivity contribution in [3.63, 3.8) is 0 Å². The molecule has 1 aromatic carbocycles. The Labute approximate surface area is 215 Å². The Morgan fingerprint density at radius 1 is 1.17 bits per heavy atom. The number of hydrogen-bond donors (Lipinski definition) is 2. The van der Waals surface area contributed by atoms with Crippen LogP contribution in [0, 0.1) is 13.8 Å². The first kappa shape index (κ1) is 28.6. The molecule has 0 atom stereocenters. The summed E-state index contributed by atoms with van der Waals surface area (Å²) in [6, 6.07) is 6.16. The van der Waals surface area contributed by atoms with E-state index in [0.29, 0.717) is 11.6 Å². The Hall–Kier alpha value is -3.59. The second-order valence-corrected chi connectivity index (χ2v) is 8.26. The number of ether oxygens (including phenoxy) is 2. The first-order valence-corrected chi connectivity index (χ1v) is 12.3. The molecule has 0 bridgehead atoms. The molecule has 2 heterocycles. The van der Waals surface area contributed by atoms with E-state index in [1.165, 1.54) is 0 Å². The maximum atomic E-state index is 6.07. The topological polar surface area (TPSA) is 89.8 Å². The van der Waals surface area contributed by atoms with Crippen LogP contribution in [0.1, 0.15) is 32.0 Å². The number of aliphatic imine (C=N–C) groups is 3. The van der Waals surface area contributed by atoms with Gasteiger partial charge >= 0.3 is 0 Å². The van der Waals surface area contributed by atoms with Gasteiger partial charge in [0, 0.05) is 54.4 Å². The van der Waals surface area contributed by atoms with Gasteiger partial charge in [-0.1, -0.05) is 13.8 Å². The number of likely N-dealkylation sites (N-methyl/N-ethyl adjacent to an activating group) is 1. The SMILES string of the molecule is C=N/C=C(/C)OCN/C(=C/C(=N\COc1ccc2[nH]c(C)cc2c1C)N1CCN(C)CC1)N=C.CC. The highest BCUT2D eigenvalue weighted by molar-refractivity contribution is 5.93. The zero-order chi connectivity index (χ0) is 26.5. The molecule has 0 spiro atoms. The molecule has 36 heavy (non-hydrogen) atoms. The first-order valence-electron chi connectivity index (χ1n) is 12.3. The molecule has 2 aromatic rings. The molecule has 1 saturated heterocycles. The number of fused-ring (bicyclic) bond motifs is 1. The molecule has 9 heteroatoms. The summed E-state index contributed by atoms with van der Waals surface area (Å²) < 4.78 is 11.6. The van der Waals surface area contributed by atoms with Crippen LogP contribution >= 0.6 is 0 Å². The van der Waals surface area contributed by atoms with E-state index in [4.69, 9.17) is 14.5 Å². The highest BCUT2D eigenvalue weighted by Crippen LogP contribution is 2.27. The van der Waals surface area contributed by atoms with Crippen molar-refractivity contribution in [3.8, 4) is 5.75 Å². The summed E-state index contributed by atoms with van der Waals surface area (Å²) in [7, 11) is 2.12. The fraction of sp³-hybridized carbons (Fsp3) is 0.444. The summed E-state index contributed by atoms with van der Waals surface area (Å²) in [5.41, 5.74) is 3.33. The van der Waals surface area contributed by atoms with Gasteiger partial charge in [-0.05, 0) is 59.5 Å². The van der Waals surface area contributed by atoms with E-state index in [0.717, 1.165) is 59.9 Å². The number of nitrogens with zero attached hydrogens (tertiary/aromatic N) is 5. The predicted molar refractivity (Wildman–Crippen MR) is 151 cm³/mol. The highest BCUT2D eigenvalue weighted by atomic mass is 16.5. The Bertz CT molecular complexity index is 1090. The van der Waals surface area contributed by atoms with E-state index >= 15 is 0 Å². The second kappa shape index (κ2) is 14.7. The molecule has 0 unspecified atom stereocenters. The van der Waals surface area contributed by atoms with Crippen LogP contribution in [0.15, 0.2) is 57.0 Å². The summed E-state index contributed by atoms with van der Waals surface area (Å²) >= 11 is 0. The van der Waals surface area contributed by atoms with Crippen molar-refractivity contribution >= 4 is 30.2 Å². The Morgan fingerprint density at radius 2 is 1.89 bits per heavy atom. The fourth-order valence-electron chi connectivity index (χ4n) is 3.73. The van der Waals surface area contributed by atoms with Gasteiger partial charge in [-0.15, -0.1) is 0 Å². The molecule has 1 aromatic heterocycles. The van der Waals surface area contributed by atoms with Crippen LogP contribution < -0.4 is 10.1 Å². The Kier molecular flexibility index (Phi) is 11.7. The van der Waals surface area contributed by atoms with Gasteiger partial charge in [-0.25, -0.2) is 9.98 Å². The van der Waals surface area contributed by atoms with Crippen molar-refractivity contribution in [1.29, 1.82) is 0 Å². The highest BCUT2D eigenvalue weighted by Gasteiger charge is 2.17. The van der Waals surface area contributed by atoms with Crippen LogP contribution in [-0.4, -0.2) is 80.7 Å². The van der Waals surface area contributed by atoms with E-state index in [1.54, 1.807) is 6.20 Å². The van der Waals surface area contributed by atoms with Crippen molar-refractivity contribution in [2.75, 3.05) is 46.7 Å². The molecule has 0 aliphatic carbocycles. The minimum absolute atomic E-state index is 0.196. The lowest BCUT2D eigenvalue weighted by Gasteiger charge is -2.33. The molecule has 0 radical (unpaired) electrons. The summed E-state index contributed by atoms with van der Waals surface area (Å²) in [5, 5.41) is 4.28. The molecular weight excluding hydrogens is 454 g/mol. The lowest BCUT2D eigenvalue weighted by molar-refractivity contribution is 0.198. The summed E-state index contributed by atoms with van der Waals surface area (Å²) in [6.45, 7) is 21.1. The largest absolute Gasteiger partial charge is 0.476 e. The van der Waals surface area contributed by atoms with E-state index in [9.17, 15) is 0 Å². The molecule has 1 aliphatic heterocycles. The van der Waals surface area contributed by atoms with Crippen LogP contribution in [0.5, 0.6) is 5.75 Å². The number of rotatable bonds is 10. The van der Waals surface area contributed by atoms with E-state index in [-0.39, 0.29) is 13.5 Å². The average Bonchev–Trinajstić information content (AvgIpc) is 3.27. The van der Waals surface area contributed by atoms with Gasteiger partial charge < -0.3 is 29.6 Å². The van der Waals surface area contributed by atoms with Crippen molar-refractivity contribution in [2.45, 2.75) is 34.6 Å². The number of benzene rings is 1. The van der Waals surface area contributed by atoms with Crippen LogP contribution in [-0.2, 0) is 4.74 Å². The minimum Gasteiger partial charge on any atom is -0.476 e. The minimum atomic E-state index is 0.196. The summed E-state index contributed by atoms with van der Waals surface area (Å²) in [5.74, 6) is 2.83. The van der Waals surface area contributed by atoms with Gasteiger partial charge in [0.1, 0.15) is 23.2 Å². The van der Waals surface area contributed by atoms with Crippen LogP contribution in [0.4, 0.5) is 0 Å². The normalized spacial score (nSPS) is 15.3. The van der Waals surface area contributed by atoms with Crippen molar-refractivity contribution in [3.05, 3.63) is 53.3 Å². The van der Waals surface area contributed by atoms with Crippen LogP contribution in [0.2, 0.25) is 0 Å². The lowest BCUT2D eigenvalue weighted by Crippen LogP contribution is -2.47. The Balaban J connectivity index is 0.00000222. The van der Waals surface area contributed by atoms with Crippen molar-refractivity contribution < 1.29 is 9.47 Å². The number of allylic oxidation sites excluding steroid dienone is 1. The van der Waals surface area contributed by atoms with Gasteiger partial charge in [0.25, 0.3) is 0 Å². The molecule has 196 valence electrons. The zero-order valence-electron chi connectivity index (χ0n) is 22.6. The third-order valence-electron chi connectivity index (χ3n) is 5.69. The molecular formula is C27H41N7O2. The fourth-order valence-corrected chi connectivity index (χ4v) is 3.73. The number of piperazine rings is 1. The second-order valence-electron chi connectivity index (χ2n) is 8.26. The Morgan fingerprint density at radius 3 is 2.56 bits per heavy atom. The number of amidine groups is 1. The maximum Gasteiger partial charge on any atom is 0.181 e. The molecule has 1 aliphatic rings. The smallest absolute Gasteiger partial charge is 0.181 e. The van der Waals surface area contributed by atoms with Crippen molar-refractivity contribution in [1.82, 2.24) is 20.1 Å². The predicted octanol–water partition coefficient (Wildman–Crippen LogP) is 4.46. The van der Waals surface area contributed by atoms with E-state index in [2.05, 4.69) is 70.5 Å². The number of nitrogens with one attached hydrogen (secondary N) is 2.